The first-order valence-corrected chi connectivity index (χ1v) is 8.97. The number of hydrogen-bond acceptors (Lipinski definition) is 5. The number of anilines is 1. The Labute approximate surface area is 163 Å². The van der Waals surface area contributed by atoms with Crippen molar-refractivity contribution >= 4 is 17.6 Å². The van der Waals surface area contributed by atoms with Crippen molar-refractivity contribution in [1.29, 1.82) is 0 Å². The molecule has 0 saturated carbocycles. The third-order valence-electron chi connectivity index (χ3n) is 4.99. The number of terminal acetylenes is 1. The van der Waals surface area contributed by atoms with Crippen LogP contribution in [0.1, 0.15) is 24.5 Å². The minimum Gasteiger partial charge on any atom is -0.464 e. The largest absolute Gasteiger partial charge is 0.464 e. The molecular weight excluding hydrogens is 356 g/mol. The van der Waals surface area contributed by atoms with E-state index in [1.54, 1.807) is 31.2 Å². The average Bonchev–Trinajstić information content (AvgIpc) is 2.92. The van der Waals surface area contributed by atoms with E-state index in [4.69, 9.17) is 16.9 Å². The highest BCUT2D eigenvalue weighted by molar-refractivity contribution is 6.11. The fourth-order valence-electron chi connectivity index (χ4n) is 3.56. The second-order valence-electron chi connectivity index (χ2n) is 6.68. The van der Waals surface area contributed by atoms with E-state index in [1.807, 2.05) is 30.3 Å². The molecule has 2 aromatic carbocycles. The molecule has 3 N–H and O–H groups in total. The number of fused-ring (bicyclic) bond motifs is 1. The van der Waals surface area contributed by atoms with Crippen molar-refractivity contribution in [2.24, 2.45) is 5.73 Å². The first kappa shape index (κ1) is 19.6. The lowest BCUT2D eigenvalue weighted by molar-refractivity contribution is -0.168. The van der Waals surface area contributed by atoms with Crippen molar-refractivity contribution in [3.05, 3.63) is 65.7 Å². The number of nitrogens with zero attached hydrogens (tertiary/aromatic N) is 1. The predicted molar refractivity (Wildman–Crippen MR) is 105 cm³/mol. The number of amides is 1. The van der Waals surface area contributed by atoms with Gasteiger partial charge in [-0.05, 0) is 18.6 Å². The van der Waals surface area contributed by atoms with Crippen LogP contribution in [0.15, 0.2) is 54.6 Å². The molecule has 0 unspecified atom stereocenters. The number of carbonyl (C=O) groups excluding carboxylic acids is 2. The van der Waals surface area contributed by atoms with Crippen LogP contribution in [0.25, 0.3) is 0 Å². The van der Waals surface area contributed by atoms with Gasteiger partial charge in [0.15, 0.2) is 5.54 Å². The van der Waals surface area contributed by atoms with Crippen LogP contribution in [0, 0.1) is 12.3 Å². The molecule has 0 bridgehead atoms. The van der Waals surface area contributed by atoms with Gasteiger partial charge in [-0.3, -0.25) is 4.79 Å². The molecular formula is C22H22N2O4. The van der Waals surface area contributed by atoms with E-state index in [-0.39, 0.29) is 25.1 Å². The third kappa shape index (κ3) is 2.85. The van der Waals surface area contributed by atoms with Crippen LogP contribution in [-0.2, 0) is 26.5 Å². The highest BCUT2D eigenvalue weighted by atomic mass is 16.5. The van der Waals surface area contributed by atoms with Gasteiger partial charge in [0.05, 0.1) is 18.8 Å². The van der Waals surface area contributed by atoms with Crippen LogP contribution in [0.5, 0.6) is 0 Å². The maximum atomic E-state index is 13.4. The summed E-state index contributed by atoms with van der Waals surface area (Å²) in [5, 5.41) is 11.6. The lowest BCUT2D eigenvalue weighted by Crippen LogP contribution is -2.67. The Hall–Kier alpha value is -3.14. The predicted octanol–water partition coefficient (Wildman–Crippen LogP) is 1.70. The number of rotatable bonds is 6. The Kier molecular flexibility index (Phi) is 5.23. The summed E-state index contributed by atoms with van der Waals surface area (Å²) < 4.78 is 5.06. The van der Waals surface area contributed by atoms with Crippen LogP contribution in [0.3, 0.4) is 0 Å². The van der Waals surface area contributed by atoms with Crippen LogP contribution >= 0.6 is 0 Å². The number of esters is 1. The maximum absolute atomic E-state index is 13.4. The lowest BCUT2D eigenvalue weighted by Gasteiger charge is -2.37. The van der Waals surface area contributed by atoms with Gasteiger partial charge < -0.3 is 20.5 Å². The number of benzene rings is 2. The highest BCUT2D eigenvalue weighted by Crippen LogP contribution is 2.47. The van der Waals surface area contributed by atoms with Gasteiger partial charge in [-0.2, -0.15) is 0 Å². The van der Waals surface area contributed by atoms with E-state index in [2.05, 4.69) is 5.92 Å². The van der Waals surface area contributed by atoms with Crippen LogP contribution in [-0.4, -0.2) is 29.1 Å². The molecule has 0 fully saturated rings. The zero-order valence-corrected chi connectivity index (χ0v) is 15.6. The SMILES string of the molecule is C#CC[C@](N)(C(=O)OCC)[C@]1(O)C(=O)N(Cc2ccccc2)c2ccccc21. The monoisotopic (exact) mass is 378 g/mol. The summed E-state index contributed by atoms with van der Waals surface area (Å²) in [6.07, 6.45) is 5.07. The van der Waals surface area contributed by atoms with Crippen LogP contribution in [0.2, 0.25) is 0 Å². The van der Waals surface area contributed by atoms with Crippen LogP contribution in [0.4, 0.5) is 5.69 Å². The van der Waals surface area contributed by atoms with E-state index < -0.39 is 23.0 Å². The first-order chi connectivity index (χ1) is 13.4. The topological polar surface area (TPSA) is 92.9 Å². The van der Waals surface area contributed by atoms with Crippen molar-refractivity contribution in [2.45, 2.75) is 31.0 Å². The van der Waals surface area contributed by atoms with Gasteiger partial charge in [-0.1, -0.05) is 48.5 Å². The van der Waals surface area contributed by atoms with E-state index in [1.165, 1.54) is 4.90 Å². The molecule has 0 saturated heterocycles. The minimum absolute atomic E-state index is 0.0437. The number of hydrogen-bond donors (Lipinski definition) is 2. The standard InChI is InChI=1S/C22H22N2O4/c1-3-14-21(23,20(26)28-4-2)22(27)17-12-8-9-13-18(17)24(19(22)25)15-16-10-6-5-7-11-16/h1,5-13,27H,4,14-15,23H2,2H3/t21-,22+/m0/s1. The molecule has 2 atom stereocenters. The molecule has 0 aliphatic carbocycles. The lowest BCUT2D eigenvalue weighted by atomic mass is 9.74. The summed E-state index contributed by atoms with van der Waals surface area (Å²) in [5.41, 5.74) is 3.46. The maximum Gasteiger partial charge on any atom is 0.331 e. The highest BCUT2D eigenvalue weighted by Gasteiger charge is 2.65. The summed E-state index contributed by atoms with van der Waals surface area (Å²) in [6.45, 7) is 1.88. The summed E-state index contributed by atoms with van der Waals surface area (Å²) in [5.74, 6) is 0.687. The molecule has 6 heteroatoms. The molecule has 0 aromatic heterocycles. The number of carbonyl (C=O) groups is 2. The molecule has 144 valence electrons. The Morgan fingerprint density at radius 2 is 1.89 bits per heavy atom. The number of ether oxygens (including phenoxy) is 1. The summed E-state index contributed by atoms with van der Waals surface area (Å²) in [4.78, 5) is 27.6. The average molecular weight is 378 g/mol. The van der Waals surface area contributed by atoms with E-state index in [0.717, 1.165) is 5.56 Å². The van der Waals surface area contributed by atoms with Gasteiger partial charge in [0.25, 0.3) is 5.91 Å². The van der Waals surface area contributed by atoms with Gasteiger partial charge in [-0.25, -0.2) is 4.79 Å². The first-order valence-electron chi connectivity index (χ1n) is 8.97. The van der Waals surface area contributed by atoms with Crippen molar-refractivity contribution in [1.82, 2.24) is 0 Å². The van der Waals surface area contributed by atoms with Gasteiger partial charge in [0, 0.05) is 12.0 Å². The molecule has 1 aliphatic heterocycles. The zero-order chi connectivity index (χ0) is 20.4. The summed E-state index contributed by atoms with van der Waals surface area (Å²) >= 11 is 0. The van der Waals surface area contributed by atoms with Crippen molar-refractivity contribution in [3.63, 3.8) is 0 Å². The molecule has 1 aliphatic rings. The number of nitrogens with two attached hydrogens (primary N) is 1. The van der Waals surface area contributed by atoms with Crippen molar-refractivity contribution in [3.8, 4) is 12.3 Å². The Bertz CT molecular complexity index is 937. The Morgan fingerprint density at radius 3 is 2.54 bits per heavy atom. The smallest absolute Gasteiger partial charge is 0.331 e. The van der Waals surface area contributed by atoms with Gasteiger partial charge in [0.1, 0.15) is 0 Å². The van der Waals surface area contributed by atoms with Crippen LogP contribution < -0.4 is 10.6 Å². The number of aliphatic hydroxyl groups is 1. The fraction of sp³-hybridized carbons (Fsp3) is 0.273. The molecule has 0 spiro atoms. The Balaban J connectivity index is 2.14. The molecule has 28 heavy (non-hydrogen) atoms. The van der Waals surface area contributed by atoms with Crippen molar-refractivity contribution < 1.29 is 19.4 Å². The minimum atomic E-state index is -2.34. The molecule has 2 aromatic rings. The summed E-state index contributed by atoms with van der Waals surface area (Å²) in [7, 11) is 0. The quantitative estimate of drug-likeness (QED) is 0.590. The van der Waals surface area contributed by atoms with E-state index >= 15 is 0 Å². The van der Waals surface area contributed by atoms with E-state index in [0.29, 0.717) is 5.69 Å². The second-order valence-corrected chi connectivity index (χ2v) is 6.68. The fourth-order valence-corrected chi connectivity index (χ4v) is 3.56. The molecule has 6 nitrogen and oxygen atoms in total. The van der Waals surface area contributed by atoms with E-state index in [9.17, 15) is 14.7 Å². The molecule has 0 radical (unpaired) electrons. The normalized spacial score (nSPS) is 20.2. The Morgan fingerprint density at radius 1 is 1.25 bits per heavy atom. The zero-order valence-electron chi connectivity index (χ0n) is 15.6. The van der Waals surface area contributed by atoms with Gasteiger partial charge in [0.2, 0.25) is 5.60 Å². The molecule has 1 heterocycles. The molecule has 3 rings (SSSR count). The second kappa shape index (κ2) is 7.47. The summed E-state index contributed by atoms with van der Waals surface area (Å²) in [6, 6.07) is 16.0. The number of para-hydroxylation sites is 1. The van der Waals surface area contributed by atoms with Gasteiger partial charge in [-0.15, -0.1) is 12.3 Å². The van der Waals surface area contributed by atoms with Gasteiger partial charge >= 0.3 is 5.97 Å². The third-order valence-corrected chi connectivity index (χ3v) is 4.99. The van der Waals surface area contributed by atoms with Crippen molar-refractivity contribution in [2.75, 3.05) is 11.5 Å². The molecule has 1 amide bonds.